The van der Waals surface area contributed by atoms with Gasteiger partial charge in [-0.25, -0.2) is 4.98 Å². The molecule has 1 aliphatic heterocycles. The van der Waals surface area contributed by atoms with Crippen molar-refractivity contribution in [1.82, 2.24) is 20.6 Å². The minimum atomic E-state index is -0.837. The Morgan fingerprint density at radius 2 is 1.95 bits per heavy atom. The van der Waals surface area contributed by atoms with Crippen molar-refractivity contribution < 1.29 is 14.3 Å². The zero-order valence-electron chi connectivity index (χ0n) is 24.0. The SMILES string of the molecule is CC(C)[C@H](Cc1nc2ccc(C3(C(=O)N[C@@H](C(=O)NCC4CC4)C4CCC4)CCOC3)cc2[nH]1)c1ccccc1Cl. The third-order valence-corrected chi connectivity index (χ3v) is 9.86. The van der Waals surface area contributed by atoms with E-state index in [4.69, 9.17) is 21.3 Å². The molecule has 8 heteroatoms. The maximum Gasteiger partial charge on any atom is 0.242 e. The number of nitrogens with zero attached hydrogens (tertiary/aromatic N) is 1. The summed E-state index contributed by atoms with van der Waals surface area (Å²) in [6.07, 6.45) is 6.72. The molecule has 6 rings (SSSR count). The molecule has 2 heterocycles. The molecule has 3 aliphatic rings. The van der Waals surface area contributed by atoms with Gasteiger partial charge in [-0.3, -0.25) is 9.59 Å². The van der Waals surface area contributed by atoms with Gasteiger partial charge in [0.15, 0.2) is 0 Å². The van der Waals surface area contributed by atoms with E-state index in [-0.39, 0.29) is 23.7 Å². The lowest BCUT2D eigenvalue weighted by Crippen LogP contribution is -2.57. The first-order valence-electron chi connectivity index (χ1n) is 15.2. The Morgan fingerprint density at radius 3 is 2.61 bits per heavy atom. The summed E-state index contributed by atoms with van der Waals surface area (Å²) in [6.45, 7) is 5.93. The van der Waals surface area contributed by atoms with E-state index in [0.717, 1.165) is 58.7 Å². The number of aromatic amines is 1. The molecule has 0 radical (unpaired) electrons. The summed E-state index contributed by atoms with van der Waals surface area (Å²) in [6, 6.07) is 13.6. The van der Waals surface area contributed by atoms with Crippen LogP contribution in [0, 0.1) is 17.8 Å². The highest BCUT2D eigenvalue weighted by atomic mass is 35.5. The second kappa shape index (κ2) is 11.8. The number of imidazole rings is 1. The lowest BCUT2D eigenvalue weighted by atomic mass is 9.76. The van der Waals surface area contributed by atoms with E-state index in [1.807, 2.05) is 36.4 Å². The van der Waals surface area contributed by atoms with Gasteiger partial charge in [0.1, 0.15) is 11.9 Å². The molecule has 0 spiro atoms. The van der Waals surface area contributed by atoms with Crippen molar-refractivity contribution >= 4 is 34.4 Å². The van der Waals surface area contributed by atoms with Crippen LogP contribution in [0.5, 0.6) is 0 Å². The molecule has 3 fully saturated rings. The van der Waals surface area contributed by atoms with E-state index in [1.54, 1.807) is 0 Å². The van der Waals surface area contributed by atoms with Crippen LogP contribution < -0.4 is 10.6 Å². The summed E-state index contributed by atoms with van der Waals surface area (Å²) in [4.78, 5) is 35.6. The van der Waals surface area contributed by atoms with E-state index in [1.165, 1.54) is 12.8 Å². The highest BCUT2D eigenvalue weighted by molar-refractivity contribution is 6.31. The summed E-state index contributed by atoms with van der Waals surface area (Å²) in [5.74, 6) is 2.13. The van der Waals surface area contributed by atoms with Crippen molar-refractivity contribution in [3.63, 3.8) is 0 Å². The summed E-state index contributed by atoms with van der Waals surface area (Å²) in [7, 11) is 0. The quantitative estimate of drug-likeness (QED) is 0.274. The Bertz CT molecular complexity index is 1400. The molecule has 3 aromatic rings. The van der Waals surface area contributed by atoms with Crippen LogP contribution in [0.25, 0.3) is 11.0 Å². The predicted molar refractivity (Wildman–Crippen MR) is 161 cm³/mol. The first-order valence-corrected chi connectivity index (χ1v) is 15.6. The number of hydrogen-bond acceptors (Lipinski definition) is 4. The maximum absolute atomic E-state index is 14.0. The number of hydrogen-bond donors (Lipinski definition) is 3. The molecule has 2 aromatic carbocycles. The van der Waals surface area contributed by atoms with Crippen molar-refractivity contribution in [2.45, 2.75) is 76.2 Å². The molecule has 3 atom stereocenters. The van der Waals surface area contributed by atoms with Crippen LogP contribution >= 0.6 is 11.6 Å². The van der Waals surface area contributed by atoms with E-state index in [9.17, 15) is 9.59 Å². The maximum atomic E-state index is 14.0. The number of carbonyl (C=O) groups excluding carboxylic acids is 2. The topological polar surface area (TPSA) is 96.1 Å². The molecule has 2 aliphatic carbocycles. The van der Waals surface area contributed by atoms with E-state index < -0.39 is 11.5 Å². The van der Waals surface area contributed by atoms with E-state index in [0.29, 0.717) is 38.0 Å². The zero-order valence-corrected chi connectivity index (χ0v) is 24.8. The number of nitrogens with one attached hydrogen (secondary N) is 3. The Kier molecular flexibility index (Phi) is 8.10. The van der Waals surface area contributed by atoms with Gasteiger partial charge in [0.25, 0.3) is 0 Å². The van der Waals surface area contributed by atoms with E-state index in [2.05, 4.69) is 35.5 Å². The van der Waals surface area contributed by atoms with Gasteiger partial charge in [0.2, 0.25) is 11.8 Å². The van der Waals surface area contributed by atoms with Crippen LogP contribution in [0.3, 0.4) is 0 Å². The molecule has 3 N–H and O–H groups in total. The lowest BCUT2D eigenvalue weighted by molar-refractivity contribution is -0.134. The van der Waals surface area contributed by atoms with Gasteiger partial charge in [0.05, 0.1) is 23.1 Å². The standard InChI is InChI=1S/C33H41ClN4O3/c1-20(2)25(24-8-3-4-9-26(24)34)17-29-36-27-13-12-23(16-28(27)37-29)33(14-15-41-19-33)32(40)38-30(22-6-5-7-22)31(39)35-18-21-10-11-21/h3-4,8-9,12-13,16,20-22,25,30H,5-7,10-11,14-15,17-19H2,1-2H3,(H,35,39)(H,36,37)(H,38,40)/t25-,30+,33?/m0/s1. The highest BCUT2D eigenvalue weighted by Crippen LogP contribution is 2.38. The molecule has 41 heavy (non-hydrogen) atoms. The summed E-state index contributed by atoms with van der Waals surface area (Å²) >= 11 is 6.56. The second-order valence-corrected chi connectivity index (χ2v) is 13.1. The van der Waals surface area contributed by atoms with Crippen LogP contribution in [-0.2, 0) is 26.2 Å². The predicted octanol–water partition coefficient (Wildman–Crippen LogP) is 5.67. The van der Waals surface area contributed by atoms with Gasteiger partial charge in [-0.15, -0.1) is 0 Å². The molecule has 7 nitrogen and oxygen atoms in total. The minimum Gasteiger partial charge on any atom is -0.380 e. The van der Waals surface area contributed by atoms with Crippen LogP contribution in [0.4, 0.5) is 0 Å². The Hall–Kier alpha value is -2.90. The third kappa shape index (κ3) is 5.89. The van der Waals surface area contributed by atoms with Gasteiger partial charge in [0, 0.05) is 24.6 Å². The van der Waals surface area contributed by atoms with Crippen LogP contribution in [0.2, 0.25) is 5.02 Å². The fraction of sp³-hybridized carbons (Fsp3) is 0.545. The number of rotatable bonds is 11. The Morgan fingerprint density at radius 1 is 1.15 bits per heavy atom. The van der Waals surface area contributed by atoms with Crippen molar-refractivity contribution in [2.24, 2.45) is 17.8 Å². The van der Waals surface area contributed by atoms with Gasteiger partial charge in [-0.1, -0.05) is 56.1 Å². The van der Waals surface area contributed by atoms with Crippen molar-refractivity contribution in [3.8, 4) is 0 Å². The molecular weight excluding hydrogens is 536 g/mol. The smallest absolute Gasteiger partial charge is 0.242 e. The van der Waals surface area contributed by atoms with Gasteiger partial charge < -0.3 is 20.4 Å². The minimum absolute atomic E-state index is 0.0455. The number of amides is 2. The first kappa shape index (κ1) is 28.2. The number of benzene rings is 2. The highest BCUT2D eigenvalue weighted by Gasteiger charge is 2.46. The first-order chi connectivity index (χ1) is 19.8. The van der Waals surface area contributed by atoms with Gasteiger partial charge in [-0.05, 0) is 85.1 Å². The molecule has 1 aromatic heterocycles. The van der Waals surface area contributed by atoms with Crippen molar-refractivity contribution in [2.75, 3.05) is 19.8 Å². The number of carbonyl (C=O) groups is 2. The molecule has 1 saturated heterocycles. The van der Waals surface area contributed by atoms with Crippen molar-refractivity contribution in [1.29, 1.82) is 0 Å². The third-order valence-electron chi connectivity index (χ3n) is 9.51. The van der Waals surface area contributed by atoms with Crippen molar-refractivity contribution in [3.05, 3.63) is 64.4 Å². The molecular formula is C33H41ClN4O3. The second-order valence-electron chi connectivity index (χ2n) is 12.7. The summed E-state index contributed by atoms with van der Waals surface area (Å²) < 4.78 is 5.82. The Balaban J connectivity index is 1.24. The number of ether oxygens (including phenoxy) is 1. The summed E-state index contributed by atoms with van der Waals surface area (Å²) in [5, 5.41) is 7.07. The molecule has 218 valence electrons. The fourth-order valence-corrected chi connectivity index (χ4v) is 6.65. The molecule has 1 unspecified atom stereocenters. The number of halogens is 1. The Labute approximate surface area is 247 Å². The number of aromatic nitrogens is 2. The largest absolute Gasteiger partial charge is 0.380 e. The molecule has 2 saturated carbocycles. The zero-order chi connectivity index (χ0) is 28.6. The molecule has 0 bridgehead atoms. The average molecular weight is 577 g/mol. The molecule has 2 amide bonds. The summed E-state index contributed by atoms with van der Waals surface area (Å²) in [5.41, 5.74) is 2.96. The normalized spacial score (nSPS) is 22.4. The van der Waals surface area contributed by atoms with Gasteiger partial charge in [-0.2, -0.15) is 0 Å². The monoisotopic (exact) mass is 576 g/mol. The van der Waals surface area contributed by atoms with Crippen LogP contribution in [0.15, 0.2) is 42.5 Å². The average Bonchev–Trinajstić information content (AvgIpc) is 3.45. The number of H-pyrrole nitrogens is 1. The van der Waals surface area contributed by atoms with Crippen LogP contribution in [0.1, 0.15) is 75.2 Å². The number of fused-ring (bicyclic) bond motifs is 1. The fourth-order valence-electron chi connectivity index (χ4n) is 6.38. The lowest BCUT2D eigenvalue weighted by Gasteiger charge is -2.36. The van der Waals surface area contributed by atoms with E-state index >= 15 is 0 Å². The van der Waals surface area contributed by atoms with Gasteiger partial charge >= 0.3 is 0 Å². The van der Waals surface area contributed by atoms with Crippen LogP contribution in [-0.4, -0.2) is 47.6 Å².